The van der Waals surface area contributed by atoms with E-state index in [4.69, 9.17) is 21.7 Å². The van der Waals surface area contributed by atoms with Crippen LogP contribution in [-0.2, 0) is 5.54 Å². The van der Waals surface area contributed by atoms with Crippen molar-refractivity contribution in [3.63, 3.8) is 0 Å². The van der Waals surface area contributed by atoms with E-state index in [1.807, 2.05) is 20.8 Å². The number of thioether (sulfide) groups is 1. The molecule has 2 aromatic rings. The van der Waals surface area contributed by atoms with Crippen LogP contribution in [-0.4, -0.2) is 28.3 Å². The highest BCUT2D eigenvalue weighted by Crippen LogP contribution is 2.48. The molecule has 1 heterocycles. The average Bonchev–Trinajstić information content (AvgIpc) is 2.73. The minimum atomic E-state index is -0.932. The Kier molecular flexibility index (Phi) is 6.63. The molecule has 0 saturated heterocycles. The number of benzene rings is 2. The number of hydrogen-bond acceptors (Lipinski definition) is 6. The molecule has 3 rings (SSSR count). The zero-order chi connectivity index (χ0) is 23.7. The summed E-state index contributed by atoms with van der Waals surface area (Å²) in [6.07, 6.45) is 0.641. The number of amides is 1. The first-order chi connectivity index (χ1) is 15.0. The van der Waals surface area contributed by atoms with Crippen molar-refractivity contribution in [1.29, 1.82) is 5.26 Å². The Morgan fingerprint density at radius 3 is 2.62 bits per heavy atom. The SMILES string of the molecule is Cc1cc(C#N)ccc1C(=O)Nc1ccc(F)c([C@@]2(C)N=C(N)C(C)(C)SC2CCN)c1. The number of amidine groups is 1. The van der Waals surface area contributed by atoms with Crippen molar-refractivity contribution in [1.82, 2.24) is 0 Å². The molecule has 1 unspecified atom stereocenters. The Labute approximate surface area is 192 Å². The predicted octanol–water partition coefficient (Wildman–Crippen LogP) is 4.07. The molecule has 32 heavy (non-hydrogen) atoms. The van der Waals surface area contributed by atoms with E-state index in [0.717, 1.165) is 0 Å². The van der Waals surface area contributed by atoms with Gasteiger partial charge in [0.25, 0.3) is 5.91 Å². The molecule has 1 aliphatic heterocycles. The molecule has 0 aliphatic carbocycles. The molecule has 0 bridgehead atoms. The normalized spacial score (nSPS) is 22.0. The minimum absolute atomic E-state index is 0.0870. The van der Waals surface area contributed by atoms with Gasteiger partial charge in [0.05, 0.1) is 21.9 Å². The van der Waals surface area contributed by atoms with Crippen LogP contribution in [0.1, 0.15) is 54.2 Å². The van der Waals surface area contributed by atoms with Gasteiger partial charge in [-0.1, -0.05) is 0 Å². The van der Waals surface area contributed by atoms with E-state index >= 15 is 4.39 Å². The van der Waals surface area contributed by atoms with E-state index in [1.54, 1.807) is 43.0 Å². The van der Waals surface area contributed by atoms with Gasteiger partial charge in [0.2, 0.25) is 0 Å². The van der Waals surface area contributed by atoms with Gasteiger partial charge < -0.3 is 16.8 Å². The van der Waals surface area contributed by atoms with Gasteiger partial charge in [-0.25, -0.2) is 4.39 Å². The van der Waals surface area contributed by atoms with Gasteiger partial charge in [-0.15, -0.1) is 11.8 Å². The first-order valence-corrected chi connectivity index (χ1v) is 11.3. The van der Waals surface area contributed by atoms with E-state index in [1.165, 1.54) is 12.1 Å². The first kappa shape index (κ1) is 23.8. The quantitative estimate of drug-likeness (QED) is 0.631. The monoisotopic (exact) mass is 453 g/mol. The molecule has 0 fully saturated rings. The Balaban J connectivity index is 1.99. The van der Waals surface area contributed by atoms with Crippen molar-refractivity contribution in [3.8, 4) is 6.07 Å². The highest BCUT2D eigenvalue weighted by molar-refractivity contribution is 8.02. The lowest BCUT2D eigenvalue weighted by molar-refractivity contribution is 0.102. The van der Waals surface area contributed by atoms with Gasteiger partial charge in [0, 0.05) is 22.1 Å². The van der Waals surface area contributed by atoms with Crippen LogP contribution in [0.15, 0.2) is 41.4 Å². The van der Waals surface area contributed by atoms with Crippen LogP contribution in [0, 0.1) is 24.1 Å². The number of anilines is 1. The maximum Gasteiger partial charge on any atom is 0.255 e. The van der Waals surface area contributed by atoms with Crippen LogP contribution >= 0.6 is 11.8 Å². The van der Waals surface area contributed by atoms with Crippen LogP contribution in [0.3, 0.4) is 0 Å². The second-order valence-electron chi connectivity index (χ2n) is 8.63. The molecule has 0 aromatic heterocycles. The number of carbonyl (C=O) groups is 1. The lowest BCUT2D eigenvalue weighted by Gasteiger charge is -2.44. The van der Waals surface area contributed by atoms with Gasteiger partial charge >= 0.3 is 0 Å². The Morgan fingerprint density at radius 2 is 2.00 bits per heavy atom. The lowest BCUT2D eigenvalue weighted by Crippen LogP contribution is -2.49. The Hall–Kier alpha value is -2.89. The number of aliphatic imine (C=N–C) groups is 1. The molecule has 2 aromatic carbocycles. The molecular formula is C24H28FN5OS. The van der Waals surface area contributed by atoms with E-state index in [0.29, 0.717) is 46.7 Å². The van der Waals surface area contributed by atoms with Crippen LogP contribution in [0.25, 0.3) is 0 Å². The number of carbonyl (C=O) groups excluding carboxylic acids is 1. The number of nitrogens with one attached hydrogen (secondary N) is 1. The standard InChI is InChI=1S/C24H28FN5OS/c1-14-11-15(13-27)5-7-17(14)21(31)29-16-6-8-19(25)18(12-16)24(4)20(9-10-26)32-23(2,3)22(28)30-24/h5-8,11-12,20H,9-10,26H2,1-4H3,(H2,28,30)(H,29,31)/t20?,24-/m1/s1. The van der Waals surface area contributed by atoms with Crippen LogP contribution in [0.5, 0.6) is 0 Å². The van der Waals surface area contributed by atoms with Crippen molar-refractivity contribution in [2.75, 3.05) is 11.9 Å². The lowest BCUT2D eigenvalue weighted by atomic mass is 9.85. The molecule has 0 radical (unpaired) electrons. The van der Waals surface area contributed by atoms with Crippen molar-refractivity contribution in [3.05, 3.63) is 64.5 Å². The molecule has 5 N–H and O–H groups in total. The Bertz CT molecular complexity index is 1120. The van der Waals surface area contributed by atoms with Gasteiger partial charge in [-0.2, -0.15) is 5.26 Å². The van der Waals surface area contributed by atoms with Gasteiger partial charge in [-0.3, -0.25) is 9.79 Å². The predicted molar refractivity (Wildman–Crippen MR) is 128 cm³/mol. The number of halogens is 1. The second-order valence-corrected chi connectivity index (χ2v) is 10.5. The third kappa shape index (κ3) is 4.50. The Morgan fingerprint density at radius 1 is 1.28 bits per heavy atom. The first-order valence-electron chi connectivity index (χ1n) is 10.4. The van der Waals surface area contributed by atoms with Crippen molar-refractivity contribution < 1.29 is 9.18 Å². The fourth-order valence-corrected chi connectivity index (χ4v) is 5.43. The fourth-order valence-electron chi connectivity index (χ4n) is 3.89. The van der Waals surface area contributed by atoms with Crippen molar-refractivity contribution in [2.24, 2.45) is 16.5 Å². The summed E-state index contributed by atoms with van der Waals surface area (Å²) in [4.78, 5) is 17.6. The molecule has 1 amide bonds. The molecule has 2 atom stereocenters. The molecule has 6 nitrogen and oxygen atoms in total. The highest BCUT2D eigenvalue weighted by Gasteiger charge is 2.46. The van der Waals surface area contributed by atoms with Gasteiger partial charge in [-0.05, 0) is 82.6 Å². The number of nitrogens with zero attached hydrogens (tertiary/aromatic N) is 2. The summed E-state index contributed by atoms with van der Waals surface area (Å²) in [7, 11) is 0. The molecule has 168 valence electrons. The van der Waals surface area contributed by atoms with Gasteiger partial charge in [0.15, 0.2) is 0 Å². The molecule has 8 heteroatoms. The van der Waals surface area contributed by atoms with Gasteiger partial charge in [0.1, 0.15) is 11.7 Å². The number of nitrogens with two attached hydrogens (primary N) is 2. The smallest absolute Gasteiger partial charge is 0.255 e. The summed E-state index contributed by atoms with van der Waals surface area (Å²) < 4.78 is 14.7. The van der Waals surface area contributed by atoms with Crippen LogP contribution < -0.4 is 16.8 Å². The van der Waals surface area contributed by atoms with Crippen LogP contribution in [0.2, 0.25) is 0 Å². The fraction of sp³-hybridized carbons (Fsp3) is 0.375. The van der Waals surface area contributed by atoms with E-state index in [-0.39, 0.29) is 15.9 Å². The molecular weight excluding hydrogens is 425 g/mol. The zero-order valence-corrected chi connectivity index (χ0v) is 19.5. The molecule has 1 aliphatic rings. The topological polar surface area (TPSA) is 117 Å². The maximum absolute atomic E-state index is 15.0. The summed E-state index contributed by atoms with van der Waals surface area (Å²) in [5, 5.41) is 11.8. The van der Waals surface area contributed by atoms with E-state index < -0.39 is 11.4 Å². The third-order valence-corrected chi connectivity index (χ3v) is 7.61. The number of aryl methyl sites for hydroxylation is 1. The summed E-state index contributed by atoms with van der Waals surface area (Å²) in [6, 6.07) is 11.4. The summed E-state index contributed by atoms with van der Waals surface area (Å²) in [5.41, 5.74) is 13.6. The maximum atomic E-state index is 15.0. The van der Waals surface area contributed by atoms with Crippen molar-refractivity contribution in [2.45, 2.75) is 49.7 Å². The van der Waals surface area contributed by atoms with E-state index in [2.05, 4.69) is 11.4 Å². The second kappa shape index (κ2) is 8.93. The number of rotatable bonds is 5. The average molecular weight is 454 g/mol. The number of hydrogen-bond donors (Lipinski definition) is 3. The number of nitriles is 1. The zero-order valence-electron chi connectivity index (χ0n) is 18.7. The molecule has 0 saturated carbocycles. The largest absolute Gasteiger partial charge is 0.386 e. The van der Waals surface area contributed by atoms with Crippen molar-refractivity contribution >= 4 is 29.2 Å². The molecule has 0 spiro atoms. The van der Waals surface area contributed by atoms with E-state index in [9.17, 15) is 4.79 Å². The highest BCUT2D eigenvalue weighted by atomic mass is 32.2. The third-order valence-electron chi connectivity index (χ3n) is 5.83. The summed E-state index contributed by atoms with van der Waals surface area (Å²) in [5.74, 6) is -0.311. The van der Waals surface area contributed by atoms with Crippen LogP contribution in [0.4, 0.5) is 10.1 Å². The minimum Gasteiger partial charge on any atom is -0.386 e. The summed E-state index contributed by atoms with van der Waals surface area (Å²) >= 11 is 1.64. The summed E-state index contributed by atoms with van der Waals surface area (Å²) in [6.45, 7) is 8.05.